The molecule has 0 radical (unpaired) electrons. The fraction of sp³-hybridized carbons (Fsp3) is 0.545. The minimum atomic E-state index is -4.46. The van der Waals surface area contributed by atoms with Crippen LogP contribution in [0.4, 0.5) is 13.2 Å². The van der Waals surface area contributed by atoms with Crippen molar-refractivity contribution in [2.24, 2.45) is 0 Å². The van der Waals surface area contributed by atoms with Gasteiger partial charge in [-0.3, -0.25) is 0 Å². The van der Waals surface area contributed by atoms with Gasteiger partial charge in [0.05, 0.1) is 11.7 Å². The number of hydrogen-bond acceptors (Lipinski definition) is 4. The van der Waals surface area contributed by atoms with Crippen molar-refractivity contribution in [1.82, 2.24) is 25.1 Å². The third-order valence-electron chi connectivity index (χ3n) is 3.38. The van der Waals surface area contributed by atoms with E-state index in [0.717, 1.165) is 18.9 Å². The molecule has 1 atom stereocenters. The van der Waals surface area contributed by atoms with E-state index >= 15 is 0 Å². The third-order valence-corrected chi connectivity index (χ3v) is 3.38. The van der Waals surface area contributed by atoms with Gasteiger partial charge in [0, 0.05) is 6.07 Å². The maximum atomic E-state index is 12.7. The highest BCUT2D eigenvalue weighted by atomic mass is 19.4. The molecule has 19 heavy (non-hydrogen) atoms. The van der Waals surface area contributed by atoms with Crippen molar-refractivity contribution < 1.29 is 13.2 Å². The SMILES string of the molecule is CNC1CCCc2c1nnc1cc(C(F)(F)F)nn21. The van der Waals surface area contributed by atoms with Crippen LogP contribution in [0.3, 0.4) is 0 Å². The quantitative estimate of drug-likeness (QED) is 0.858. The summed E-state index contributed by atoms with van der Waals surface area (Å²) in [5, 5.41) is 14.6. The lowest BCUT2D eigenvalue weighted by molar-refractivity contribution is -0.141. The molecular weight excluding hydrogens is 259 g/mol. The molecule has 1 aliphatic carbocycles. The molecule has 8 heteroatoms. The molecule has 0 spiro atoms. The summed E-state index contributed by atoms with van der Waals surface area (Å²) < 4.78 is 39.3. The molecule has 0 aromatic carbocycles. The molecule has 0 bridgehead atoms. The van der Waals surface area contributed by atoms with Gasteiger partial charge in [0.15, 0.2) is 11.3 Å². The predicted octanol–water partition coefficient (Wildman–Crippen LogP) is 1.74. The van der Waals surface area contributed by atoms with Crippen molar-refractivity contribution in [2.45, 2.75) is 31.5 Å². The average Bonchev–Trinajstić information content (AvgIpc) is 2.82. The second-order valence-electron chi connectivity index (χ2n) is 4.56. The molecule has 1 aliphatic rings. The Morgan fingerprint density at radius 2 is 2.16 bits per heavy atom. The van der Waals surface area contributed by atoms with Crippen LogP contribution in [0.5, 0.6) is 0 Å². The first-order valence-electron chi connectivity index (χ1n) is 6.00. The molecule has 5 nitrogen and oxygen atoms in total. The number of alkyl halides is 3. The van der Waals surface area contributed by atoms with Crippen molar-refractivity contribution in [3.05, 3.63) is 23.1 Å². The number of nitrogens with one attached hydrogen (secondary N) is 1. The fourth-order valence-electron chi connectivity index (χ4n) is 2.45. The molecule has 0 aliphatic heterocycles. The third kappa shape index (κ3) is 1.95. The van der Waals surface area contributed by atoms with E-state index in [4.69, 9.17) is 0 Å². The summed E-state index contributed by atoms with van der Waals surface area (Å²) in [5.41, 5.74) is 0.619. The predicted molar refractivity (Wildman–Crippen MR) is 60.5 cm³/mol. The highest BCUT2D eigenvalue weighted by Crippen LogP contribution is 2.31. The lowest BCUT2D eigenvalue weighted by Crippen LogP contribution is -2.25. The van der Waals surface area contributed by atoms with Gasteiger partial charge in [-0.2, -0.15) is 18.3 Å². The van der Waals surface area contributed by atoms with E-state index in [1.54, 1.807) is 7.05 Å². The van der Waals surface area contributed by atoms with Crippen molar-refractivity contribution in [3.63, 3.8) is 0 Å². The van der Waals surface area contributed by atoms with Crippen molar-refractivity contribution in [3.8, 4) is 0 Å². The first-order valence-corrected chi connectivity index (χ1v) is 6.00. The number of halogens is 3. The number of nitrogens with zero attached hydrogens (tertiary/aromatic N) is 4. The monoisotopic (exact) mass is 271 g/mol. The fourth-order valence-corrected chi connectivity index (χ4v) is 2.45. The van der Waals surface area contributed by atoms with Gasteiger partial charge < -0.3 is 5.32 Å². The molecule has 0 fully saturated rings. The second kappa shape index (κ2) is 4.16. The Labute approximate surface area is 106 Å². The lowest BCUT2D eigenvalue weighted by Gasteiger charge is -2.23. The Hall–Kier alpha value is -1.70. The summed E-state index contributed by atoms with van der Waals surface area (Å²) >= 11 is 0. The topological polar surface area (TPSA) is 55.1 Å². The largest absolute Gasteiger partial charge is 0.435 e. The van der Waals surface area contributed by atoms with E-state index < -0.39 is 11.9 Å². The van der Waals surface area contributed by atoms with Gasteiger partial charge >= 0.3 is 6.18 Å². The van der Waals surface area contributed by atoms with Crippen molar-refractivity contribution in [2.75, 3.05) is 7.05 Å². The summed E-state index contributed by atoms with van der Waals surface area (Å²) in [6.45, 7) is 0. The van der Waals surface area contributed by atoms with Crippen LogP contribution in [0, 0.1) is 0 Å². The van der Waals surface area contributed by atoms with Crippen LogP contribution in [0.2, 0.25) is 0 Å². The first kappa shape index (κ1) is 12.3. The molecule has 2 aromatic heterocycles. The van der Waals surface area contributed by atoms with E-state index in [1.807, 2.05) is 0 Å². The first-order chi connectivity index (χ1) is 9.00. The maximum Gasteiger partial charge on any atom is 0.435 e. The molecule has 0 saturated heterocycles. The van der Waals surface area contributed by atoms with Gasteiger partial charge in [0.25, 0.3) is 0 Å². The molecule has 0 saturated carbocycles. The highest BCUT2D eigenvalue weighted by molar-refractivity contribution is 5.41. The minimum Gasteiger partial charge on any atom is -0.312 e. The van der Waals surface area contributed by atoms with Crippen molar-refractivity contribution >= 4 is 5.65 Å². The molecule has 2 heterocycles. The van der Waals surface area contributed by atoms with Crippen LogP contribution in [0.15, 0.2) is 6.07 Å². The van der Waals surface area contributed by atoms with Gasteiger partial charge in [0.2, 0.25) is 0 Å². The number of fused-ring (bicyclic) bond motifs is 3. The Bertz CT molecular complexity index is 619. The van der Waals surface area contributed by atoms with Crippen molar-refractivity contribution in [1.29, 1.82) is 0 Å². The average molecular weight is 271 g/mol. The zero-order valence-electron chi connectivity index (χ0n) is 10.2. The molecule has 2 aromatic rings. The van der Waals surface area contributed by atoms with Crippen LogP contribution in [-0.4, -0.2) is 26.9 Å². The normalized spacial score (nSPS) is 19.7. The highest BCUT2D eigenvalue weighted by Gasteiger charge is 2.35. The second-order valence-corrected chi connectivity index (χ2v) is 4.56. The van der Waals surface area contributed by atoms with Crippen LogP contribution >= 0.6 is 0 Å². The summed E-state index contributed by atoms with van der Waals surface area (Å²) in [7, 11) is 1.80. The lowest BCUT2D eigenvalue weighted by atomic mass is 9.96. The van der Waals surface area contributed by atoms with Gasteiger partial charge in [-0.25, -0.2) is 4.52 Å². The molecule has 3 rings (SSSR count). The number of rotatable bonds is 1. The number of aryl methyl sites for hydroxylation is 1. The maximum absolute atomic E-state index is 12.7. The Morgan fingerprint density at radius 1 is 1.37 bits per heavy atom. The zero-order chi connectivity index (χ0) is 13.6. The Balaban J connectivity index is 2.19. The van der Waals surface area contributed by atoms with Gasteiger partial charge in [-0.05, 0) is 26.3 Å². The molecule has 0 amide bonds. The smallest absolute Gasteiger partial charge is 0.312 e. The minimum absolute atomic E-state index is 0.0270. The van der Waals surface area contributed by atoms with Gasteiger partial charge in [-0.15, -0.1) is 10.2 Å². The van der Waals surface area contributed by atoms with E-state index in [1.165, 1.54) is 4.52 Å². The van der Waals surface area contributed by atoms with Crippen LogP contribution in [0.25, 0.3) is 5.65 Å². The number of aromatic nitrogens is 4. The molecular formula is C11H12F3N5. The summed E-state index contributed by atoms with van der Waals surface area (Å²) in [6.07, 6.45) is -2.01. The standard InChI is InChI=1S/C11H12F3N5/c1-15-6-3-2-4-7-10(6)17-16-9-5-8(11(12,13)14)18-19(7)9/h5-6,15H,2-4H2,1H3. The van der Waals surface area contributed by atoms with Gasteiger partial charge in [0.1, 0.15) is 5.69 Å². The van der Waals surface area contributed by atoms with Crippen LogP contribution < -0.4 is 5.32 Å². The summed E-state index contributed by atoms with van der Waals surface area (Å²) in [5.74, 6) is 0. The molecule has 1 N–H and O–H groups in total. The molecule has 102 valence electrons. The van der Waals surface area contributed by atoms with E-state index in [2.05, 4.69) is 20.6 Å². The summed E-state index contributed by atoms with van der Waals surface area (Å²) in [4.78, 5) is 0. The number of hydrogen-bond donors (Lipinski definition) is 1. The molecule has 1 unspecified atom stereocenters. The Kier molecular flexibility index (Phi) is 2.70. The van der Waals surface area contributed by atoms with E-state index in [0.29, 0.717) is 17.8 Å². The summed E-state index contributed by atoms with van der Waals surface area (Å²) in [6, 6.07) is 0.954. The zero-order valence-corrected chi connectivity index (χ0v) is 10.2. The Morgan fingerprint density at radius 3 is 2.84 bits per heavy atom. The van der Waals surface area contributed by atoms with Crippen LogP contribution in [0.1, 0.15) is 36.0 Å². The van der Waals surface area contributed by atoms with Crippen LogP contribution in [-0.2, 0) is 12.6 Å². The van der Waals surface area contributed by atoms with E-state index in [9.17, 15) is 13.2 Å². The van der Waals surface area contributed by atoms with E-state index in [-0.39, 0.29) is 11.7 Å². The van der Waals surface area contributed by atoms with Gasteiger partial charge in [-0.1, -0.05) is 0 Å².